The van der Waals surface area contributed by atoms with Crippen molar-refractivity contribution in [3.63, 3.8) is 0 Å². The number of rotatable bonds is 8. The topological polar surface area (TPSA) is 113 Å². The van der Waals surface area contributed by atoms with E-state index < -0.39 is 15.9 Å². The molecule has 1 rings (SSSR count). The van der Waals surface area contributed by atoms with E-state index in [4.69, 9.17) is 0 Å². The number of carbonyl (C=O) groups excluding carboxylic acids is 1. The van der Waals surface area contributed by atoms with Crippen molar-refractivity contribution in [3.8, 4) is 0 Å². The van der Waals surface area contributed by atoms with Crippen molar-refractivity contribution in [1.82, 2.24) is 20.0 Å². The molecule has 1 aromatic heterocycles. The number of hydrogen-bond acceptors (Lipinski definition) is 6. The van der Waals surface area contributed by atoms with Crippen LogP contribution in [0, 0.1) is 0 Å². The molecule has 1 aromatic rings. The number of aromatic nitrogens is 2. The first-order valence-electron chi connectivity index (χ1n) is 6.30. The minimum absolute atomic E-state index is 0.0152. The zero-order valence-corrected chi connectivity index (χ0v) is 12.3. The molecule has 0 aliphatic carbocycles. The maximum atomic E-state index is 11.8. The highest BCUT2D eigenvalue weighted by atomic mass is 32.2. The van der Waals surface area contributed by atoms with Gasteiger partial charge in [-0.15, -0.1) is 0 Å². The second kappa shape index (κ2) is 7.75. The normalized spacial score (nSPS) is 11.1. The standard InChI is InChI=1S/C11H19N5O3S/c1-3-13-10-8-12-7-9(16-10)11(17)14-5-6-20(18,19)15-4-2/h7-8,15H,3-6H2,1-2H3,(H,13,16)(H,14,17). The lowest BCUT2D eigenvalue weighted by atomic mass is 10.4. The molecule has 0 saturated heterocycles. The van der Waals surface area contributed by atoms with Crippen molar-refractivity contribution >= 4 is 21.7 Å². The van der Waals surface area contributed by atoms with Gasteiger partial charge in [-0.3, -0.25) is 9.78 Å². The van der Waals surface area contributed by atoms with Gasteiger partial charge in [0.1, 0.15) is 11.5 Å². The molecule has 0 aliphatic heterocycles. The summed E-state index contributed by atoms with van der Waals surface area (Å²) in [5, 5.41) is 5.43. The number of anilines is 1. The summed E-state index contributed by atoms with van der Waals surface area (Å²) in [7, 11) is -3.34. The Bertz CT molecular complexity index is 547. The molecule has 1 heterocycles. The molecule has 1 amide bonds. The molecule has 0 spiro atoms. The van der Waals surface area contributed by atoms with E-state index in [1.54, 1.807) is 6.92 Å². The van der Waals surface area contributed by atoms with Gasteiger partial charge in [-0.25, -0.2) is 18.1 Å². The highest BCUT2D eigenvalue weighted by molar-refractivity contribution is 7.89. The van der Waals surface area contributed by atoms with Gasteiger partial charge in [0.05, 0.1) is 18.1 Å². The van der Waals surface area contributed by atoms with E-state index >= 15 is 0 Å². The summed E-state index contributed by atoms with van der Waals surface area (Å²) in [6.45, 7) is 4.60. The van der Waals surface area contributed by atoms with Crippen LogP contribution in [0.4, 0.5) is 5.82 Å². The Morgan fingerprint density at radius 1 is 1.25 bits per heavy atom. The van der Waals surface area contributed by atoms with Crippen LogP contribution in [0.25, 0.3) is 0 Å². The van der Waals surface area contributed by atoms with E-state index in [0.29, 0.717) is 18.9 Å². The van der Waals surface area contributed by atoms with Crippen LogP contribution in [0.2, 0.25) is 0 Å². The molecule has 20 heavy (non-hydrogen) atoms. The molecule has 8 nitrogen and oxygen atoms in total. The third kappa shape index (κ3) is 5.49. The number of amides is 1. The van der Waals surface area contributed by atoms with Crippen LogP contribution in [0.1, 0.15) is 24.3 Å². The average molecular weight is 301 g/mol. The van der Waals surface area contributed by atoms with Crippen molar-refractivity contribution in [3.05, 3.63) is 18.1 Å². The molecule has 0 saturated carbocycles. The maximum absolute atomic E-state index is 11.8. The number of nitrogens with zero attached hydrogens (tertiary/aromatic N) is 2. The minimum Gasteiger partial charge on any atom is -0.369 e. The molecule has 0 aliphatic rings. The van der Waals surface area contributed by atoms with Gasteiger partial charge in [0, 0.05) is 19.6 Å². The molecule has 112 valence electrons. The van der Waals surface area contributed by atoms with E-state index in [0.717, 1.165) is 0 Å². The van der Waals surface area contributed by atoms with Crippen molar-refractivity contribution in [2.24, 2.45) is 0 Å². The fraction of sp³-hybridized carbons (Fsp3) is 0.545. The molecular weight excluding hydrogens is 282 g/mol. The zero-order valence-electron chi connectivity index (χ0n) is 11.5. The van der Waals surface area contributed by atoms with Crippen LogP contribution in [0.3, 0.4) is 0 Å². The van der Waals surface area contributed by atoms with Crippen LogP contribution in [-0.4, -0.2) is 49.7 Å². The lowest BCUT2D eigenvalue weighted by Gasteiger charge is -2.07. The summed E-state index contributed by atoms with van der Waals surface area (Å²) in [5.41, 5.74) is 0.143. The summed E-state index contributed by atoms with van der Waals surface area (Å²) in [4.78, 5) is 19.7. The lowest BCUT2D eigenvalue weighted by Crippen LogP contribution is -2.34. The minimum atomic E-state index is -3.34. The van der Waals surface area contributed by atoms with Gasteiger partial charge in [-0.1, -0.05) is 6.92 Å². The largest absolute Gasteiger partial charge is 0.369 e. The van der Waals surface area contributed by atoms with E-state index in [1.165, 1.54) is 12.4 Å². The Labute approximate surface area is 118 Å². The number of nitrogens with one attached hydrogen (secondary N) is 3. The third-order valence-corrected chi connectivity index (χ3v) is 3.72. The van der Waals surface area contributed by atoms with Gasteiger partial charge >= 0.3 is 0 Å². The monoisotopic (exact) mass is 301 g/mol. The van der Waals surface area contributed by atoms with Gasteiger partial charge < -0.3 is 10.6 Å². The van der Waals surface area contributed by atoms with Gasteiger partial charge in [0.15, 0.2) is 0 Å². The van der Waals surface area contributed by atoms with Crippen LogP contribution in [0.5, 0.6) is 0 Å². The van der Waals surface area contributed by atoms with E-state index in [-0.39, 0.29) is 18.0 Å². The summed E-state index contributed by atoms with van der Waals surface area (Å²) < 4.78 is 25.1. The predicted octanol–water partition coefficient (Wildman–Crippen LogP) is -0.422. The van der Waals surface area contributed by atoms with Crippen molar-refractivity contribution in [1.29, 1.82) is 0 Å². The zero-order chi connectivity index (χ0) is 15.0. The molecule has 0 atom stereocenters. The fourth-order valence-corrected chi connectivity index (χ4v) is 2.38. The van der Waals surface area contributed by atoms with Crippen molar-refractivity contribution in [2.45, 2.75) is 13.8 Å². The number of sulfonamides is 1. The average Bonchev–Trinajstić information content (AvgIpc) is 2.39. The van der Waals surface area contributed by atoms with Crippen LogP contribution >= 0.6 is 0 Å². The van der Waals surface area contributed by atoms with Gasteiger partial charge in [0.2, 0.25) is 10.0 Å². The van der Waals surface area contributed by atoms with Crippen molar-refractivity contribution < 1.29 is 13.2 Å². The smallest absolute Gasteiger partial charge is 0.271 e. The van der Waals surface area contributed by atoms with Crippen LogP contribution < -0.4 is 15.4 Å². The van der Waals surface area contributed by atoms with Gasteiger partial charge in [-0.05, 0) is 6.92 Å². The number of carbonyl (C=O) groups is 1. The summed E-state index contributed by atoms with van der Waals surface area (Å²) in [5.74, 6) is -0.128. The third-order valence-electron chi connectivity index (χ3n) is 2.25. The Morgan fingerprint density at radius 3 is 2.65 bits per heavy atom. The van der Waals surface area contributed by atoms with E-state index in [1.807, 2.05) is 6.92 Å². The maximum Gasteiger partial charge on any atom is 0.271 e. The van der Waals surface area contributed by atoms with Crippen LogP contribution in [0.15, 0.2) is 12.4 Å². The Morgan fingerprint density at radius 2 is 2.00 bits per heavy atom. The van der Waals surface area contributed by atoms with Gasteiger partial charge in [-0.2, -0.15) is 0 Å². The lowest BCUT2D eigenvalue weighted by molar-refractivity contribution is 0.0951. The molecule has 0 fully saturated rings. The Kier molecular flexibility index (Phi) is 6.32. The fourth-order valence-electron chi connectivity index (χ4n) is 1.42. The molecule has 0 unspecified atom stereocenters. The molecule has 3 N–H and O–H groups in total. The highest BCUT2D eigenvalue weighted by Gasteiger charge is 2.12. The summed E-state index contributed by atoms with van der Waals surface area (Å²) in [6, 6.07) is 0. The van der Waals surface area contributed by atoms with E-state index in [2.05, 4.69) is 25.3 Å². The Hall–Kier alpha value is -1.74. The molecule has 9 heteroatoms. The second-order valence-corrected chi connectivity index (χ2v) is 5.82. The first-order valence-corrected chi connectivity index (χ1v) is 7.95. The SMILES string of the molecule is CCNc1cncc(C(=O)NCCS(=O)(=O)NCC)n1. The molecular formula is C11H19N5O3S. The summed E-state index contributed by atoms with van der Waals surface area (Å²) >= 11 is 0. The van der Waals surface area contributed by atoms with Crippen LogP contribution in [-0.2, 0) is 10.0 Å². The quantitative estimate of drug-likeness (QED) is 0.601. The Balaban J connectivity index is 2.53. The summed E-state index contributed by atoms with van der Waals surface area (Å²) in [6.07, 6.45) is 2.84. The molecule has 0 aromatic carbocycles. The highest BCUT2D eigenvalue weighted by Crippen LogP contribution is 2.01. The van der Waals surface area contributed by atoms with Gasteiger partial charge in [0.25, 0.3) is 5.91 Å². The first-order chi connectivity index (χ1) is 9.48. The van der Waals surface area contributed by atoms with Crippen molar-refractivity contribution in [2.75, 3.05) is 30.7 Å². The first kappa shape index (κ1) is 16.3. The molecule has 0 radical (unpaired) electrons. The predicted molar refractivity (Wildman–Crippen MR) is 76.0 cm³/mol. The number of hydrogen-bond donors (Lipinski definition) is 3. The molecule has 0 bridgehead atoms. The second-order valence-electron chi connectivity index (χ2n) is 3.89. The van der Waals surface area contributed by atoms with E-state index in [9.17, 15) is 13.2 Å².